The van der Waals surface area contributed by atoms with E-state index in [2.05, 4.69) is 20.1 Å². The molecule has 5 nitrogen and oxygen atoms in total. The first-order chi connectivity index (χ1) is 11.1. The highest BCUT2D eigenvalue weighted by atomic mass is 35.5. The highest BCUT2D eigenvalue weighted by molar-refractivity contribution is 6.32. The molecule has 1 aromatic heterocycles. The van der Waals surface area contributed by atoms with E-state index in [1.807, 2.05) is 31.2 Å². The van der Waals surface area contributed by atoms with E-state index in [0.717, 1.165) is 48.6 Å². The quantitative estimate of drug-likeness (QED) is 0.877. The van der Waals surface area contributed by atoms with Crippen LogP contribution < -0.4 is 5.32 Å². The Morgan fingerprint density at radius 2 is 2.17 bits per heavy atom. The number of halogens is 1. The summed E-state index contributed by atoms with van der Waals surface area (Å²) in [5.74, 6) is 1.68. The maximum absolute atomic E-state index is 12.1. The second kappa shape index (κ2) is 6.96. The number of nitrogens with zero attached hydrogens (tertiary/aromatic N) is 3. The average molecular weight is 331 g/mol. The molecule has 2 aromatic rings. The summed E-state index contributed by atoms with van der Waals surface area (Å²) in [6.07, 6.45) is 4.82. The van der Waals surface area contributed by atoms with Crippen LogP contribution >= 0.6 is 11.6 Å². The van der Waals surface area contributed by atoms with E-state index in [-0.39, 0.29) is 5.91 Å². The van der Waals surface area contributed by atoms with E-state index in [1.54, 1.807) is 6.08 Å². The van der Waals surface area contributed by atoms with Crippen LogP contribution in [-0.2, 0) is 24.3 Å². The summed E-state index contributed by atoms with van der Waals surface area (Å²) in [5, 5.41) is 11.9. The minimum atomic E-state index is -0.157. The number of nitrogens with one attached hydrogen (secondary N) is 1. The van der Waals surface area contributed by atoms with Gasteiger partial charge in [-0.3, -0.25) is 4.79 Å². The van der Waals surface area contributed by atoms with Gasteiger partial charge < -0.3 is 9.88 Å². The van der Waals surface area contributed by atoms with Crippen LogP contribution in [0, 0.1) is 0 Å². The smallest absolute Gasteiger partial charge is 0.244 e. The fraction of sp³-hybridized carbons (Fsp3) is 0.353. The van der Waals surface area contributed by atoms with Crippen LogP contribution in [0.1, 0.15) is 37.0 Å². The zero-order valence-electron chi connectivity index (χ0n) is 13.1. The molecule has 120 valence electrons. The summed E-state index contributed by atoms with van der Waals surface area (Å²) in [7, 11) is 0. The SMILES string of the molecule is C/C(=C/C(=O)NCc1nnc2n1CCCC2)c1ccccc1Cl. The van der Waals surface area contributed by atoms with Crippen LogP contribution in [0.2, 0.25) is 5.02 Å². The van der Waals surface area contributed by atoms with Crippen LogP contribution in [0.3, 0.4) is 0 Å². The van der Waals surface area contributed by atoms with Crippen LogP contribution in [0.5, 0.6) is 0 Å². The number of aryl methyl sites for hydroxylation is 1. The van der Waals surface area contributed by atoms with Gasteiger partial charge in [0.05, 0.1) is 6.54 Å². The first-order valence-corrected chi connectivity index (χ1v) is 8.15. The molecule has 0 aliphatic carbocycles. The lowest BCUT2D eigenvalue weighted by atomic mass is 10.1. The molecular formula is C17H19ClN4O. The molecule has 0 atom stereocenters. The van der Waals surface area contributed by atoms with Gasteiger partial charge in [0, 0.05) is 24.1 Å². The standard InChI is InChI=1S/C17H19ClN4O/c1-12(13-6-2-3-7-14(13)18)10-17(23)19-11-16-21-20-15-8-4-5-9-22(15)16/h2-3,6-7,10H,4-5,8-9,11H2,1H3,(H,19,23)/b12-10-. The average Bonchev–Trinajstić information content (AvgIpc) is 2.96. The number of carbonyl (C=O) groups is 1. The van der Waals surface area contributed by atoms with Gasteiger partial charge in [-0.15, -0.1) is 10.2 Å². The Morgan fingerprint density at radius 1 is 1.35 bits per heavy atom. The van der Waals surface area contributed by atoms with Crippen LogP contribution in [-0.4, -0.2) is 20.7 Å². The molecule has 1 N–H and O–H groups in total. The molecule has 0 spiro atoms. The van der Waals surface area contributed by atoms with Crippen LogP contribution in [0.15, 0.2) is 30.3 Å². The van der Waals surface area contributed by atoms with Crippen molar-refractivity contribution in [1.29, 1.82) is 0 Å². The van der Waals surface area contributed by atoms with Crippen molar-refractivity contribution in [2.24, 2.45) is 0 Å². The first kappa shape index (κ1) is 15.7. The van der Waals surface area contributed by atoms with Gasteiger partial charge in [-0.1, -0.05) is 29.8 Å². The van der Waals surface area contributed by atoms with Gasteiger partial charge in [0.1, 0.15) is 5.82 Å². The molecule has 0 saturated heterocycles. The van der Waals surface area contributed by atoms with E-state index in [4.69, 9.17) is 11.6 Å². The van der Waals surface area contributed by atoms with Gasteiger partial charge in [0.25, 0.3) is 0 Å². The normalized spacial score (nSPS) is 14.4. The highest BCUT2D eigenvalue weighted by Gasteiger charge is 2.15. The third-order valence-corrected chi connectivity index (χ3v) is 4.33. The number of rotatable bonds is 4. The highest BCUT2D eigenvalue weighted by Crippen LogP contribution is 2.22. The number of aromatic nitrogens is 3. The lowest BCUT2D eigenvalue weighted by Gasteiger charge is -2.14. The van der Waals surface area contributed by atoms with Crippen molar-refractivity contribution in [3.63, 3.8) is 0 Å². The maximum atomic E-state index is 12.1. The molecule has 0 bridgehead atoms. The summed E-state index contributed by atoms with van der Waals surface area (Å²) >= 11 is 6.15. The van der Waals surface area contributed by atoms with Crippen molar-refractivity contribution in [3.8, 4) is 0 Å². The second-order valence-electron chi connectivity index (χ2n) is 5.67. The predicted octanol–water partition coefficient (Wildman–Crippen LogP) is 2.99. The van der Waals surface area contributed by atoms with Crippen molar-refractivity contribution < 1.29 is 4.79 Å². The Kier molecular flexibility index (Phi) is 4.76. The molecule has 1 aliphatic rings. The zero-order chi connectivity index (χ0) is 16.2. The van der Waals surface area contributed by atoms with Crippen molar-refractivity contribution >= 4 is 23.1 Å². The maximum Gasteiger partial charge on any atom is 0.244 e. The number of benzene rings is 1. The van der Waals surface area contributed by atoms with Gasteiger partial charge in [-0.05, 0) is 37.0 Å². The Bertz CT molecular complexity index is 751. The van der Waals surface area contributed by atoms with E-state index >= 15 is 0 Å². The number of fused-ring (bicyclic) bond motifs is 1. The summed E-state index contributed by atoms with van der Waals surface area (Å²) in [4.78, 5) is 12.1. The Hall–Kier alpha value is -2.14. The number of carbonyl (C=O) groups excluding carboxylic acids is 1. The molecule has 0 saturated carbocycles. The molecule has 0 fully saturated rings. The molecule has 0 unspecified atom stereocenters. The molecular weight excluding hydrogens is 312 g/mol. The van der Waals surface area contributed by atoms with Gasteiger partial charge in [-0.2, -0.15) is 0 Å². The van der Waals surface area contributed by atoms with Crippen LogP contribution in [0.25, 0.3) is 5.57 Å². The van der Waals surface area contributed by atoms with Gasteiger partial charge >= 0.3 is 0 Å². The zero-order valence-corrected chi connectivity index (χ0v) is 13.8. The van der Waals surface area contributed by atoms with E-state index in [0.29, 0.717) is 11.6 Å². The number of allylic oxidation sites excluding steroid dienone is 1. The molecule has 2 heterocycles. The fourth-order valence-electron chi connectivity index (χ4n) is 2.77. The fourth-order valence-corrected chi connectivity index (χ4v) is 3.06. The van der Waals surface area contributed by atoms with E-state index in [1.165, 1.54) is 0 Å². The van der Waals surface area contributed by atoms with E-state index < -0.39 is 0 Å². The monoisotopic (exact) mass is 330 g/mol. The summed E-state index contributed by atoms with van der Waals surface area (Å²) in [6.45, 7) is 3.19. The van der Waals surface area contributed by atoms with Gasteiger partial charge in [0.15, 0.2) is 5.82 Å². The van der Waals surface area contributed by atoms with Crippen LogP contribution in [0.4, 0.5) is 0 Å². The minimum absolute atomic E-state index is 0.157. The Labute approximate surface area is 140 Å². The lowest BCUT2D eigenvalue weighted by molar-refractivity contribution is -0.116. The predicted molar refractivity (Wildman–Crippen MR) is 89.9 cm³/mol. The third kappa shape index (κ3) is 3.62. The van der Waals surface area contributed by atoms with Gasteiger partial charge in [0.2, 0.25) is 5.91 Å². The number of hydrogen-bond donors (Lipinski definition) is 1. The molecule has 3 rings (SSSR count). The minimum Gasteiger partial charge on any atom is -0.345 e. The van der Waals surface area contributed by atoms with E-state index in [9.17, 15) is 4.79 Å². The Balaban J connectivity index is 1.65. The van der Waals surface area contributed by atoms with Crippen molar-refractivity contribution in [2.45, 2.75) is 39.3 Å². The topological polar surface area (TPSA) is 59.8 Å². The van der Waals surface area contributed by atoms with Crippen molar-refractivity contribution in [1.82, 2.24) is 20.1 Å². The molecule has 1 aromatic carbocycles. The molecule has 6 heteroatoms. The van der Waals surface area contributed by atoms with Crippen molar-refractivity contribution in [3.05, 3.63) is 52.6 Å². The largest absolute Gasteiger partial charge is 0.345 e. The number of amides is 1. The summed E-state index contributed by atoms with van der Waals surface area (Å²) < 4.78 is 2.11. The summed E-state index contributed by atoms with van der Waals surface area (Å²) in [6, 6.07) is 7.48. The second-order valence-corrected chi connectivity index (χ2v) is 6.07. The van der Waals surface area contributed by atoms with Gasteiger partial charge in [-0.25, -0.2) is 0 Å². The van der Waals surface area contributed by atoms with Crippen molar-refractivity contribution in [2.75, 3.05) is 0 Å². The molecule has 1 aliphatic heterocycles. The Morgan fingerprint density at radius 3 is 3.00 bits per heavy atom. The summed E-state index contributed by atoms with van der Waals surface area (Å²) in [5.41, 5.74) is 1.69. The first-order valence-electron chi connectivity index (χ1n) is 7.77. The lowest BCUT2D eigenvalue weighted by Crippen LogP contribution is -2.24. The third-order valence-electron chi connectivity index (χ3n) is 4.00. The molecule has 1 amide bonds. The number of hydrogen-bond acceptors (Lipinski definition) is 3. The molecule has 0 radical (unpaired) electrons. The molecule has 23 heavy (non-hydrogen) atoms.